The van der Waals surface area contributed by atoms with Gasteiger partial charge >= 0.3 is 5.97 Å². The molecular weight excluding hydrogens is 399 g/mol. The first-order chi connectivity index (χ1) is 11.1. The molecule has 0 aliphatic carbocycles. The van der Waals surface area contributed by atoms with Crippen LogP contribution in [0, 0.1) is 0 Å². The van der Waals surface area contributed by atoms with E-state index in [1.54, 1.807) is 6.07 Å². The van der Waals surface area contributed by atoms with Crippen molar-refractivity contribution in [3.8, 4) is 5.75 Å². The Labute approximate surface area is 152 Å². The van der Waals surface area contributed by atoms with Gasteiger partial charge in [0.15, 0.2) is 0 Å². The molecule has 23 heavy (non-hydrogen) atoms. The van der Waals surface area contributed by atoms with E-state index >= 15 is 0 Å². The van der Waals surface area contributed by atoms with Gasteiger partial charge in [-0.2, -0.15) is 0 Å². The van der Waals surface area contributed by atoms with Gasteiger partial charge in [0, 0.05) is 32.9 Å². The lowest BCUT2D eigenvalue weighted by Crippen LogP contribution is -2.08. The van der Waals surface area contributed by atoms with Crippen LogP contribution in [-0.4, -0.2) is 11.3 Å². The molecule has 0 amide bonds. The third-order valence-corrected chi connectivity index (χ3v) is 4.81. The Bertz CT molecular complexity index is 893. The second-order valence-electron chi connectivity index (χ2n) is 5.15. The van der Waals surface area contributed by atoms with Crippen LogP contribution in [-0.2, 0) is 4.79 Å². The van der Waals surface area contributed by atoms with Crippen molar-refractivity contribution in [1.82, 2.24) is 0 Å². The summed E-state index contributed by atoms with van der Waals surface area (Å²) in [6, 6.07) is 13.1. The molecule has 3 aromatic carbocycles. The minimum absolute atomic E-state index is 0.279. The molecule has 0 aliphatic rings. The zero-order chi connectivity index (χ0) is 16.4. The maximum absolute atomic E-state index is 12.1. The van der Waals surface area contributed by atoms with Crippen molar-refractivity contribution in [1.29, 1.82) is 0 Å². The van der Waals surface area contributed by atoms with Gasteiger partial charge in [-0.15, -0.1) is 0 Å². The van der Waals surface area contributed by atoms with Crippen LogP contribution in [0.2, 0.25) is 10.0 Å². The monoisotopic (exact) mass is 410 g/mol. The fourth-order valence-electron chi connectivity index (χ4n) is 2.55. The van der Waals surface area contributed by atoms with Gasteiger partial charge in [-0.3, -0.25) is 4.79 Å². The van der Waals surface area contributed by atoms with Crippen LogP contribution in [0.4, 0.5) is 0 Å². The van der Waals surface area contributed by atoms with Crippen LogP contribution in [0.25, 0.3) is 21.5 Å². The highest BCUT2D eigenvalue weighted by Crippen LogP contribution is 2.41. The molecule has 0 saturated heterocycles. The van der Waals surface area contributed by atoms with Crippen molar-refractivity contribution in [2.24, 2.45) is 0 Å². The number of ether oxygens (including phenoxy) is 1. The van der Waals surface area contributed by atoms with Crippen molar-refractivity contribution < 1.29 is 9.53 Å². The Morgan fingerprint density at radius 2 is 1.78 bits per heavy atom. The van der Waals surface area contributed by atoms with E-state index in [2.05, 4.69) is 15.9 Å². The first-order valence-corrected chi connectivity index (χ1v) is 9.05. The fourth-order valence-corrected chi connectivity index (χ4v) is 3.33. The summed E-state index contributed by atoms with van der Waals surface area (Å²) in [4.78, 5) is 12.1. The highest BCUT2D eigenvalue weighted by atomic mass is 79.9. The number of halogens is 3. The summed E-state index contributed by atoms with van der Waals surface area (Å²) in [6.45, 7) is 0. The minimum Gasteiger partial charge on any atom is -0.425 e. The van der Waals surface area contributed by atoms with Crippen LogP contribution < -0.4 is 4.74 Å². The van der Waals surface area contributed by atoms with Crippen molar-refractivity contribution in [3.05, 3.63) is 52.5 Å². The van der Waals surface area contributed by atoms with E-state index in [4.69, 9.17) is 27.9 Å². The first kappa shape index (κ1) is 16.6. The molecule has 2 nitrogen and oxygen atoms in total. The van der Waals surface area contributed by atoms with E-state index in [0.29, 0.717) is 22.2 Å². The minimum atomic E-state index is -0.279. The summed E-state index contributed by atoms with van der Waals surface area (Å²) in [5.74, 6) is 0.198. The number of hydrogen-bond donors (Lipinski definition) is 0. The SMILES string of the molecule is O=C(CCCBr)Oc1c2cccc(Cl)c2cc2cccc(Cl)c12. The molecular formula is C18H13BrCl2O2. The van der Waals surface area contributed by atoms with Gasteiger partial charge in [0.1, 0.15) is 5.75 Å². The number of esters is 1. The summed E-state index contributed by atoms with van der Waals surface area (Å²) < 4.78 is 5.68. The Morgan fingerprint density at radius 3 is 2.57 bits per heavy atom. The van der Waals surface area contributed by atoms with E-state index < -0.39 is 0 Å². The number of rotatable bonds is 4. The van der Waals surface area contributed by atoms with Gasteiger partial charge in [-0.1, -0.05) is 63.4 Å². The number of benzene rings is 3. The molecule has 5 heteroatoms. The first-order valence-electron chi connectivity index (χ1n) is 7.18. The van der Waals surface area contributed by atoms with Crippen LogP contribution >= 0.6 is 39.1 Å². The average Bonchev–Trinajstić information content (AvgIpc) is 2.54. The van der Waals surface area contributed by atoms with E-state index in [0.717, 1.165) is 33.3 Å². The molecule has 0 spiro atoms. The van der Waals surface area contributed by atoms with E-state index in [1.807, 2.05) is 36.4 Å². The number of carbonyl (C=O) groups excluding carboxylic acids is 1. The second-order valence-corrected chi connectivity index (χ2v) is 6.75. The van der Waals surface area contributed by atoms with Crippen molar-refractivity contribution in [3.63, 3.8) is 0 Å². The zero-order valence-electron chi connectivity index (χ0n) is 12.1. The van der Waals surface area contributed by atoms with Crippen molar-refractivity contribution in [2.75, 3.05) is 5.33 Å². The van der Waals surface area contributed by atoms with Gasteiger partial charge in [-0.05, 0) is 30.0 Å². The Hall–Kier alpha value is -1.29. The van der Waals surface area contributed by atoms with Crippen molar-refractivity contribution >= 4 is 66.6 Å². The Kier molecular flexibility index (Phi) is 5.10. The third kappa shape index (κ3) is 3.32. The summed E-state index contributed by atoms with van der Waals surface area (Å²) >= 11 is 16.0. The highest BCUT2D eigenvalue weighted by molar-refractivity contribution is 9.09. The van der Waals surface area contributed by atoms with Crippen LogP contribution in [0.5, 0.6) is 5.75 Å². The number of hydrogen-bond acceptors (Lipinski definition) is 2. The summed E-state index contributed by atoms with van der Waals surface area (Å²) in [7, 11) is 0. The number of carbonyl (C=O) groups is 1. The lowest BCUT2D eigenvalue weighted by atomic mass is 10.0. The molecule has 3 rings (SSSR count). The van der Waals surface area contributed by atoms with Gasteiger partial charge < -0.3 is 4.74 Å². The lowest BCUT2D eigenvalue weighted by molar-refractivity contribution is -0.134. The smallest absolute Gasteiger partial charge is 0.311 e. The van der Waals surface area contributed by atoms with Gasteiger partial charge in [0.2, 0.25) is 0 Å². The van der Waals surface area contributed by atoms with Gasteiger partial charge in [-0.25, -0.2) is 0 Å². The molecule has 0 aromatic heterocycles. The van der Waals surface area contributed by atoms with E-state index in [-0.39, 0.29) is 5.97 Å². The largest absolute Gasteiger partial charge is 0.425 e. The van der Waals surface area contributed by atoms with E-state index in [9.17, 15) is 4.79 Å². The molecule has 0 saturated carbocycles. The molecule has 0 N–H and O–H groups in total. The molecule has 0 bridgehead atoms. The molecule has 0 unspecified atom stereocenters. The van der Waals surface area contributed by atoms with E-state index in [1.165, 1.54) is 0 Å². The fraction of sp³-hybridized carbons (Fsp3) is 0.167. The molecule has 3 aromatic rings. The topological polar surface area (TPSA) is 26.3 Å². The van der Waals surface area contributed by atoms with Crippen molar-refractivity contribution in [2.45, 2.75) is 12.8 Å². The zero-order valence-corrected chi connectivity index (χ0v) is 15.2. The number of fused-ring (bicyclic) bond motifs is 2. The molecule has 0 radical (unpaired) electrons. The quantitative estimate of drug-likeness (QED) is 0.215. The lowest BCUT2D eigenvalue weighted by Gasteiger charge is -2.13. The Morgan fingerprint density at radius 1 is 1.04 bits per heavy atom. The second kappa shape index (κ2) is 7.08. The maximum Gasteiger partial charge on any atom is 0.311 e. The van der Waals surface area contributed by atoms with Crippen LogP contribution in [0.1, 0.15) is 12.8 Å². The predicted molar refractivity (Wildman–Crippen MR) is 100 cm³/mol. The summed E-state index contributed by atoms with van der Waals surface area (Å²) in [6.07, 6.45) is 1.06. The van der Waals surface area contributed by atoms with Gasteiger partial charge in [0.25, 0.3) is 0 Å². The highest BCUT2D eigenvalue weighted by Gasteiger charge is 2.16. The average molecular weight is 412 g/mol. The van der Waals surface area contributed by atoms with Gasteiger partial charge in [0.05, 0.1) is 5.02 Å². The molecule has 0 atom stereocenters. The molecule has 118 valence electrons. The predicted octanol–water partition coefficient (Wildman–Crippen LogP) is 6.38. The molecule has 0 fully saturated rings. The standard InChI is InChI=1S/C18H13BrCl2O2/c19-9-3-8-16(22)23-18-12-5-2-6-14(20)13(12)10-11-4-1-7-15(21)17(11)18/h1-2,4-7,10H,3,8-9H2. The Balaban J connectivity index is 2.25. The molecule has 0 aliphatic heterocycles. The molecule has 0 heterocycles. The number of alkyl halides is 1. The maximum atomic E-state index is 12.1. The third-order valence-electron chi connectivity index (χ3n) is 3.60. The van der Waals surface area contributed by atoms with Crippen LogP contribution in [0.3, 0.4) is 0 Å². The van der Waals surface area contributed by atoms with Crippen LogP contribution in [0.15, 0.2) is 42.5 Å². The normalized spacial score (nSPS) is 11.1. The summed E-state index contributed by atoms with van der Waals surface area (Å²) in [5, 5.41) is 5.16. The summed E-state index contributed by atoms with van der Waals surface area (Å²) in [5.41, 5.74) is 0.